The van der Waals surface area contributed by atoms with Crippen molar-refractivity contribution in [1.29, 1.82) is 0 Å². The van der Waals surface area contributed by atoms with Crippen LogP contribution >= 0.6 is 15.9 Å². The first-order chi connectivity index (χ1) is 10.2. The van der Waals surface area contributed by atoms with E-state index >= 15 is 0 Å². The smallest absolute Gasteiger partial charge is 0.144 e. The van der Waals surface area contributed by atoms with Crippen LogP contribution in [0.15, 0.2) is 40.9 Å². The van der Waals surface area contributed by atoms with E-state index in [4.69, 9.17) is 4.74 Å². The van der Waals surface area contributed by atoms with Crippen LogP contribution in [0.25, 0.3) is 0 Å². The summed E-state index contributed by atoms with van der Waals surface area (Å²) in [5, 5.41) is 3.22. The number of benzene rings is 2. The molecule has 0 fully saturated rings. The molecule has 1 heterocycles. The monoisotopic (exact) mass is 353 g/mol. The maximum absolute atomic E-state index is 14.0. The summed E-state index contributed by atoms with van der Waals surface area (Å²) in [5.41, 5.74) is 1.08. The fraction of sp³-hybridized carbons (Fsp3) is 0.250. The third-order valence-electron chi connectivity index (χ3n) is 3.62. The minimum Gasteiger partial charge on any atom is -0.493 e. The lowest BCUT2D eigenvalue weighted by Crippen LogP contribution is -2.27. The first kappa shape index (κ1) is 14.5. The Morgan fingerprint density at radius 1 is 1.19 bits per heavy atom. The minimum absolute atomic E-state index is 0.0349. The highest BCUT2D eigenvalue weighted by Crippen LogP contribution is 2.32. The van der Waals surface area contributed by atoms with Crippen molar-refractivity contribution in [1.82, 2.24) is 5.32 Å². The van der Waals surface area contributed by atoms with Gasteiger partial charge in [0.2, 0.25) is 0 Å². The molecule has 0 spiro atoms. The summed E-state index contributed by atoms with van der Waals surface area (Å²) in [6.07, 6.45) is 0.772. The average molecular weight is 354 g/mol. The Bertz CT molecular complexity index is 663. The molecule has 21 heavy (non-hydrogen) atoms. The maximum atomic E-state index is 14.0. The molecule has 1 N–H and O–H groups in total. The van der Waals surface area contributed by atoms with Gasteiger partial charge in [-0.25, -0.2) is 8.78 Å². The van der Waals surface area contributed by atoms with Crippen molar-refractivity contribution in [3.63, 3.8) is 0 Å². The van der Waals surface area contributed by atoms with Crippen LogP contribution in [0.5, 0.6) is 5.75 Å². The molecule has 0 aromatic heterocycles. The molecule has 1 atom stereocenters. The van der Waals surface area contributed by atoms with E-state index in [1.54, 1.807) is 0 Å². The molecule has 1 unspecified atom stereocenters. The van der Waals surface area contributed by atoms with Gasteiger partial charge in [-0.2, -0.15) is 0 Å². The summed E-state index contributed by atoms with van der Waals surface area (Å²) in [5.74, 6) is -0.261. The molecule has 2 aromatic rings. The van der Waals surface area contributed by atoms with E-state index in [1.807, 2.05) is 24.3 Å². The first-order valence-corrected chi connectivity index (χ1v) is 7.53. The Hall–Kier alpha value is -1.46. The van der Waals surface area contributed by atoms with Gasteiger partial charge in [0, 0.05) is 30.1 Å². The van der Waals surface area contributed by atoms with Gasteiger partial charge in [-0.15, -0.1) is 0 Å². The SMILES string of the molecule is Fc1ccc(Br)c(F)c1CNC1CCOc2ccccc21. The molecule has 3 rings (SSSR count). The quantitative estimate of drug-likeness (QED) is 0.828. The second-order valence-electron chi connectivity index (χ2n) is 4.93. The number of nitrogens with one attached hydrogen (secondary N) is 1. The Morgan fingerprint density at radius 3 is 2.86 bits per heavy atom. The van der Waals surface area contributed by atoms with Crippen molar-refractivity contribution in [3.05, 3.63) is 63.6 Å². The summed E-state index contributed by atoms with van der Waals surface area (Å²) >= 11 is 3.08. The average Bonchev–Trinajstić information content (AvgIpc) is 2.51. The lowest BCUT2D eigenvalue weighted by atomic mass is 10.0. The van der Waals surface area contributed by atoms with Gasteiger partial charge in [0.05, 0.1) is 11.1 Å². The van der Waals surface area contributed by atoms with Gasteiger partial charge in [0.1, 0.15) is 17.4 Å². The molecule has 110 valence electrons. The maximum Gasteiger partial charge on any atom is 0.144 e. The molecule has 1 aliphatic rings. The summed E-state index contributed by atoms with van der Waals surface area (Å²) in [6, 6.07) is 10.4. The molecule has 5 heteroatoms. The lowest BCUT2D eigenvalue weighted by molar-refractivity contribution is 0.251. The first-order valence-electron chi connectivity index (χ1n) is 6.74. The Kier molecular flexibility index (Phi) is 4.22. The predicted octanol–water partition coefficient (Wildman–Crippen LogP) is 4.34. The number of para-hydroxylation sites is 1. The van der Waals surface area contributed by atoms with Gasteiger partial charge >= 0.3 is 0 Å². The molecular formula is C16H14BrF2NO. The van der Waals surface area contributed by atoms with E-state index in [-0.39, 0.29) is 22.6 Å². The minimum atomic E-state index is -0.553. The molecule has 1 aliphatic heterocycles. The van der Waals surface area contributed by atoms with Gasteiger partial charge < -0.3 is 10.1 Å². The summed E-state index contributed by atoms with van der Waals surface area (Å²) in [4.78, 5) is 0. The zero-order chi connectivity index (χ0) is 14.8. The molecule has 0 bridgehead atoms. The predicted molar refractivity (Wildman–Crippen MR) is 80.2 cm³/mol. The Morgan fingerprint density at radius 2 is 2.00 bits per heavy atom. The largest absolute Gasteiger partial charge is 0.493 e. The number of ether oxygens (including phenoxy) is 1. The fourth-order valence-electron chi connectivity index (χ4n) is 2.51. The fourth-order valence-corrected chi connectivity index (χ4v) is 2.88. The standard InChI is InChI=1S/C16H14BrF2NO/c17-12-5-6-13(18)11(16(12)19)9-20-14-7-8-21-15-4-2-1-3-10(14)15/h1-6,14,20H,7-9H2. The summed E-state index contributed by atoms with van der Waals surface area (Å²) < 4.78 is 33.6. The van der Waals surface area contributed by atoms with E-state index in [9.17, 15) is 8.78 Å². The molecule has 2 aromatic carbocycles. The van der Waals surface area contributed by atoms with Crippen LogP contribution < -0.4 is 10.1 Å². The number of fused-ring (bicyclic) bond motifs is 1. The van der Waals surface area contributed by atoms with Crippen molar-refractivity contribution in [3.8, 4) is 5.75 Å². The van der Waals surface area contributed by atoms with E-state index < -0.39 is 11.6 Å². The number of halogens is 3. The van der Waals surface area contributed by atoms with Crippen molar-refractivity contribution in [2.45, 2.75) is 19.0 Å². The second kappa shape index (κ2) is 6.12. The van der Waals surface area contributed by atoms with E-state index in [1.165, 1.54) is 12.1 Å². The van der Waals surface area contributed by atoms with Crippen molar-refractivity contribution in [2.75, 3.05) is 6.61 Å². The van der Waals surface area contributed by atoms with Gasteiger partial charge in [0.25, 0.3) is 0 Å². The van der Waals surface area contributed by atoms with E-state index in [2.05, 4.69) is 21.2 Å². The number of hydrogen-bond acceptors (Lipinski definition) is 2. The highest BCUT2D eigenvalue weighted by atomic mass is 79.9. The van der Waals surface area contributed by atoms with Crippen LogP contribution in [0.3, 0.4) is 0 Å². The number of hydrogen-bond donors (Lipinski definition) is 1. The molecule has 2 nitrogen and oxygen atoms in total. The second-order valence-corrected chi connectivity index (χ2v) is 5.78. The highest BCUT2D eigenvalue weighted by Gasteiger charge is 2.21. The third kappa shape index (κ3) is 2.94. The highest BCUT2D eigenvalue weighted by molar-refractivity contribution is 9.10. The van der Waals surface area contributed by atoms with E-state index in [0.717, 1.165) is 17.7 Å². The Balaban J connectivity index is 1.79. The molecule has 0 radical (unpaired) electrons. The van der Waals surface area contributed by atoms with Crippen LogP contribution in [0.2, 0.25) is 0 Å². The number of rotatable bonds is 3. The van der Waals surface area contributed by atoms with Gasteiger partial charge in [-0.05, 0) is 34.1 Å². The molecule has 0 saturated carbocycles. The zero-order valence-electron chi connectivity index (χ0n) is 11.2. The molecule has 0 saturated heterocycles. The van der Waals surface area contributed by atoms with Crippen LogP contribution in [-0.4, -0.2) is 6.61 Å². The zero-order valence-corrected chi connectivity index (χ0v) is 12.8. The lowest BCUT2D eigenvalue weighted by Gasteiger charge is -2.27. The van der Waals surface area contributed by atoms with Gasteiger partial charge in [-0.3, -0.25) is 0 Å². The van der Waals surface area contributed by atoms with Gasteiger partial charge in [-0.1, -0.05) is 18.2 Å². The molecular weight excluding hydrogens is 340 g/mol. The van der Waals surface area contributed by atoms with Gasteiger partial charge in [0.15, 0.2) is 0 Å². The van der Waals surface area contributed by atoms with Crippen molar-refractivity contribution in [2.24, 2.45) is 0 Å². The normalized spacial score (nSPS) is 17.2. The van der Waals surface area contributed by atoms with Crippen molar-refractivity contribution < 1.29 is 13.5 Å². The Labute approximate surface area is 130 Å². The van der Waals surface area contributed by atoms with Crippen LogP contribution in [-0.2, 0) is 6.54 Å². The molecule has 0 aliphatic carbocycles. The van der Waals surface area contributed by atoms with Crippen LogP contribution in [0, 0.1) is 11.6 Å². The van der Waals surface area contributed by atoms with Crippen LogP contribution in [0.1, 0.15) is 23.6 Å². The summed E-state index contributed by atoms with van der Waals surface area (Å²) in [6.45, 7) is 0.730. The van der Waals surface area contributed by atoms with E-state index in [0.29, 0.717) is 6.61 Å². The van der Waals surface area contributed by atoms with Crippen molar-refractivity contribution >= 4 is 15.9 Å². The van der Waals surface area contributed by atoms with Crippen LogP contribution in [0.4, 0.5) is 8.78 Å². The summed E-state index contributed by atoms with van der Waals surface area (Å²) in [7, 11) is 0. The third-order valence-corrected chi connectivity index (χ3v) is 4.24. The topological polar surface area (TPSA) is 21.3 Å². The molecule has 0 amide bonds.